The SMILES string of the molecule is CN1CCCN(c2nc(NC3CCN(Cc4ccccc4)CC3)c3ccc(OCc4ccccc4)cc3n2)CC1. The van der Waals surface area contributed by atoms with Gasteiger partial charge in [0.15, 0.2) is 0 Å². The molecule has 2 fully saturated rings. The van der Waals surface area contributed by atoms with Crippen LogP contribution in [-0.4, -0.2) is 72.1 Å². The van der Waals surface area contributed by atoms with Gasteiger partial charge >= 0.3 is 0 Å². The number of hydrogen-bond acceptors (Lipinski definition) is 7. The third-order valence-electron chi connectivity index (χ3n) is 8.08. The van der Waals surface area contributed by atoms with Crippen molar-refractivity contribution in [2.45, 2.75) is 38.5 Å². The minimum Gasteiger partial charge on any atom is -0.489 e. The second-order valence-electron chi connectivity index (χ2n) is 11.1. The number of nitrogens with zero attached hydrogens (tertiary/aromatic N) is 5. The zero-order valence-corrected chi connectivity index (χ0v) is 23.5. The largest absolute Gasteiger partial charge is 0.489 e. The molecule has 0 radical (unpaired) electrons. The Labute approximate surface area is 237 Å². The van der Waals surface area contributed by atoms with Gasteiger partial charge in [-0.3, -0.25) is 4.90 Å². The normalized spacial score (nSPS) is 17.6. The van der Waals surface area contributed by atoms with E-state index in [4.69, 9.17) is 14.7 Å². The summed E-state index contributed by atoms with van der Waals surface area (Å²) in [5.41, 5.74) is 3.46. The molecular formula is C33H40N6O. The molecule has 1 N–H and O–H groups in total. The van der Waals surface area contributed by atoms with E-state index in [0.717, 1.165) is 99.1 Å². The molecule has 3 aromatic carbocycles. The lowest BCUT2D eigenvalue weighted by molar-refractivity contribution is 0.211. The fraction of sp³-hybridized carbons (Fsp3) is 0.394. The summed E-state index contributed by atoms with van der Waals surface area (Å²) in [7, 11) is 2.19. The Hall–Kier alpha value is -3.68. The van der Waals surface area contributed by atoms with E-state index in [1.807, 2.05) is 24.3 Å². The molecule has 2 aliphatic rings. The Balaban J connectivity index is 1.21. The molecule has 0 saturated carbocycles. The van der Waals surface area contributed by atoms with E-state index in [1.165, 1.54) is 5.56 Å². The quantitative estimate of drug-likeness (QED) is 0.322. The number of hydrogen-bond donors (Lipinski definition) is 1. The van der Waals surface area contributed by atoms with Crippen molar-refractivity contribution >= 4 is 22.7 Å². The second kappa shape index (κ2) is 12.7. The zero-order chi connectivity index (χ0) is 27.1. The minimum atomic E-state index is 0.391. The lowest BCUT2D eigenvalue weighted by atomic mass is 10.0. The van der Waals surface area contributed by atoms with E-state index in [-0.39, 0.29) is 0 Å². The Morgan fingerprint density at radius 2 is 1.55 bits per heavy atom. The Morgan fingerprint density at radius 3 is 2.33 bits per heavy atom. The highest BCUT2D eigenvalue weighted by Gasteiger charge is 2.22. The number of anilines is 2. The van der Waals surface area contributed by atoms with Gasteiger partial charge in [-0.25, -0.2) is 4.98 Å². The van der Waals surface area contributed by atoms with Crippen molar-refractivity contribution in [2.24, 2.45) is 0 Å². The fourth-order valence-electron chi connectivity index (χ4n) is 5.70. The molecule has 7 nitrogen and oxygen atoms in total. The van der Waals surface area contributed by atoms with Crippen LogP contribution in [0.2, 0.25) is 0 Å². The lowest BCUT2D eigenvalue weighted by Gasteiger charge is -2.33. The molecule has 2 saturated heterocycles. The predicted molar refractivity (Wildman–Crippen MR) is 163 cm³/mol. The van der Waals surface area contributed by atoms with Gasteiger partial charge in [-0.1, -0.05) is 60.7 Å². The van der Waals surface area contributed by atoms with Gasteiger partial charge in [-0.2, -0.15) is 4.98 Å². The third kappa shape index (κ3) is 6.72. The highest BCUT2D eigenvalue weighted by Crippen LogP contribution is 2.30. The summed E-state index contributed by atoms with van der Waals surface area (Å²) in [6, 6.07) is 27.7. The van der Waals surface area contributed by atoms with Crippen molar-refractivity contribution < 1.29 is 4.74 Å². The van der Waals surface area contributed by atoms with Crippen LogP contribution in [0, 0.1) is 0 Å². The zero-order valence-electron chi connectivity index (χ0n) is 23.5. The van der Waals surface area contributed by atoms with Gasteiger partial charge in [0.1, 0.15) is 18.2 Å². The second-order valence-corrected chi connectivity index (χ2v) is 11.1. The molecule has 3 heterocycles. The Bertz CT molecular complexity index is 1370. The topological polar surface area (TPSA) is 56.8 Å². The van der Waals surface area contributed by atoms with Crippen LogP contribution in [0.25, 0.3) is 10.9 Å². The van der Waals surface area contributed by atoms with Gasteiger partial charge in [-0.15, -0.1) is 0 Å². The molecule has 0 amide bonds. The van der Waals surface area contributed by atoms with Gasteiger partial charge in [0.25, 0.3) is 0 Å². The van der Waals surface area contributed by atoms with Crippen molar-refractivity contribution in [3.8, 4) is 5.75 Å². The van der Waals surface area contributed by atoms with Crippen LogP contribution in [0.4, 0.5) is 11.8 Å². The number of benzene rings is 3. The van der Waals surface area contributed by atoms with E-state index in [1.54, 1.807) is 0 Å². The summed E-state index contributed by atoms with van der Waals surface area (Å²) in [5.74, 6) is 2.58. The van der Waals surface area contributed by atoms with Crippen LogP contribution >= 0.6 is 0 Å². The van der Waals surface area contributed by atoms with Gasteiger partial charge in [0.2, 0.25) is 5.95 Å². The molecule has 0 spiro atoms. The summed E-state index contributed by atoms with van der Waals surface area (Å²) < 4.78 is 6.16. The first-order chi connectivity index (χ1) is 19.7. The molecule has 6 rings (SSSR count). The molecule has 7 heteroatoms. The van der Waals surface area contributed by atoms with E-state index in [2.05, 4.69) is 81.7 Å². The van der Waals surface area contributed by atoms with Crippen LogP contribution in [0.15, 0.2) is 78.9 Å². The van der Waals surface area contributed by atoms with E-state index in [0.29, 0.717) is 12.6 Å². The number of aromatic nitrogens is 2. The van der Waals surface area contributed by atoms with Crippen LogP contribution < -0.4 is 15.0 Å². The Kier molecular flexibility index (Phi) is 8.40. The number of rotatable bonds is 8. The Morgan fingerprint density at radius 1 is 0.800 bits per heavy atom. The standard InChI is InChI=1S/C33H40N6O/c1-37-17-8-18-39(22-21-37)33-35-31-23-29(40-25-27-11-6-3-7-12-27)13-14-30(31)32(36-33)34-28-15-19-38(20-16-28)24-26-9-4-2-5-10-26/h2-7,9-14,23,28H,8,15-22,24-25H2,1H3,(H,34,35,36). The summed E-state index contributed by atoms with van der Waals surface area (Å²) >= 11 is 0. The predicted octanol–water partition coefficient (Wildman–Crippen LogP) is 5.43. The van der Waals surface area contributed by atoms with Crippen molar-refractivity contribution in [1.82, 2.24) is 19.8 Å². The number of piperidine rings is 1. The summed E-state index contributed by atoms with van der Waals surface area (Å²) in [5, 5.41) is 4.88. The fourth-order valence-corrected chi connectivity index (χ4v) is 5.70. The molecule has 0 bridgehead atoms. The van der Waals surface area contributed by atoms with Gasteiger partial charge in [-0.05, 0) is 56.1 Å². The molecule has 2 aliphatic heterocycles. The number of likely N-dealkylation sites (N-methyl/N-ethyl adjacent to an activating group) is 1. The van der Waals surface area contributed by atoms with E-state index < -0.39 is 0 Å². The van der Waals surface area contributed by atoms with Crippen LogP contribution in [0.3, 0.4) is 0 Å². The first-order valence-electron chi connectivity index (χ1n) is 14.6. The van der Waals surface area contributed by atoms with Gasteiger partial charge in [0, 0.05) is 56.8 Å². The van der Waals surface area contributed by atoms with E-state index >= 15 is 0 Å². The summed E-state index contributed by atoms with van der Waals surface area (Å²) in [6.07, 6.45) is 3.31. The molecule has 4 aromatic rings. The highest BCUT2D eigenvalue weighted by molar-refractivity contribution is 5.91. The number of fused-ring (bicyclic) bond motifs is 1. The monoisotopic (exact) mass is 536 g/mol. The lowest BCUT2D eigenvalue weighted by Crippen LogP contribution is -2.39. The van der Waals surface area contributed by atoms with Gasteiger partial charge < -0.3 is 19.9 Å². The first kappa shape index (κ1) is 26.5. The van der Waals surface area contributed by atoms with Crippen LogP contribution in [-0.2, 0) is 13.2 Å². The van der Waals surface area contributed by atoms with Crippen LogP contribution in [0.1, 0.15) is 30.4 Å². The van der Waals surface area contributed by atoms with Crippen molar-refractivity contribution in [1.29, 1.82) is 0 Å². The highest BCUT2D eigenvalue weighted by atomic mass is 16.5. The summed E-state index contributed by atoms with van der Waals surface area (Å²) in [4.78, 5) is 17.5. The maximum Gasteiger partial charge on any atom is 0.227 e. The number of ether oxygens (including phenoxy) is 1. The number of likely N-dealkylation sites (tertiary alicyclic amines) is 1. The molecule has 0 aliphatic carbocycles. The average molecular weight is 537 g/mol. The molecule has 0 atom stereocenters. The molecular weight excluding hydrogens is 496 g/mol. The molecule has 208 valence electrons. The summed E-state index contributed by atoms with van der Waals surface area (Å²) in [6.45, 7) is 7.74. The van der Waals surface area contributed by atoms with Gasteiger partial charge in [0.05, 0.1) is 5.52 Å². The number of nitrogens with one attached hydrogen (secondary N) is 1. The maximum absolute atomic E-state index is 6.16. The molecule has 0 unspecified atom stereocenters. The minimum absolute atomic E-state index is 0.391. The first-order valence-corrected chi connectivity index (χ1v) is 14.6. The van der Waals surface area contributed by atoms with E-state index in [9.17, 15) is 0 Å². The molecule has 1 aromatic heterocycles. The van der Waals surface area contributed by atoms with Crippen molar-refractivity contribution in [3.05, 3.63) is 90.0 Å². The smallest absolute Gasteiger partial charge is 0.227 e. The average Bonchev–Trinajstić information content (AvgIpc) is 3.22. The van der Waals surface area contributed by atoms with Crippen molar-refractivity contribution in [3.63, 3.8) is 0 Å². The van der Waals surface area contributed by atoms with Crippen LogP contribution in [0.5, 0.6) is 5.75 Å². The molecule has 40 heavy (non-hydrogen) atoms. The maximum atomic E-state index is 6.16. The third-order valence-corrected chi connectivity index (χ3v) is 8.08. The van der Waals surface area contributed by atoms with Crippen molar-refractivity contribution in [2.75, 3.05) is 56.5 Å².